The van der Waals surface area contributed by atoms with Crippen LogP contribution in [0, 0.1) is 0 Å². The molecule has 0 saturated heterocycles. The molecule has 10 heavy (non-hydrogen) atoms. The Labute approximate surface area is 56.1 Å². The van der Waals surface area contributed by atoms with Crippen LogP contribution in [-0.4, -0.2) is 20.2 Å². The minimum atomic E-state index is 0.0984. The van der Waals surface area contributed by atoms with Crippen LogP contribution in [0.5, 0.6) is 11.8 Å². The molecule has 52 valence electrons. The van der Waals surface area contributed by atoms with Crippen LogP contribution in [0.25, 0.3) is 11.0 Å². The monoisotopic (exact) mass is 138 g/mol. The highest BCUT2D eigenvalue weighted by atomic mass is 16.3. The average Bonchev–Trinajstić information content (AvgIpc) is 2.21. The van der Waals surface area contributed by atoms with E-state index in [0.29, 0.717) is 11.0 Å². The lowest BCUT2D eigenvalue weighted by molar-refractivity contribution is 0.454. The Morgan fingerprint density at radius 2 is 1.30 bits per heavy atom. The van der Waals surface area contributed by atoms with E-state index in [1.54, 1.807) is 0 Å². The lowest BCUT2D eigenvalue weighted by Crippen LogP contribution is -1.59. The molecule has 4 heteroatoms. The number of aromatic amines is 2. The Morgan fingerprint density at radius 3 is 1.70 bits per heavy atom. The van der Waals surface area contributed by atoms with Gasteiger partial charge in [-0.2, -0.15) is 0 Å². The Morgan fingerprint density at radius 1 is 0.900 bits per heavy atom. The summed E-state index contributed by atoms with van der Waals surface area (Å²) in [4.78, 5) is 5.29. The summed E-state index contributed by atoms with van der Waals surface area (Å²) >= 11 is 0. The predicted octanol–water partition coefficient (Wildman–Crippen LogP) is 0.907. The standard InChI is InChI=1S/C6H6N2O2/c9-5-1-3-4(8-5)2-6(10)7-3/h1-2,7-10H. The van der Waals surface area contributed by atoms with Gasteiger partial charge in [0.05, 0.1) is 11.0 Å². The van der Waals surface area contributed by atoms with Gasteiger partial charge in [-0.05, 0) is 0 Å². The zero-order valence-corrected chi connectivity index (χ0v) is 5.05. The fraction of sp³-hybridized carbons (Fsp3) is 0. The highest BCUT2D eigenvalue weighted by molar-refractivity contribution is 5.79. The number of fused-ring (bicyclic) bond motifs is 1. The van der Waals surface area contributed by atoms with E-state index >= 15 is 0 Å². The lowest BCUT2D eigenvalue weighted by atomic mass is 10.5. The number of H-pyrrole nitrogens is 2. The van der Waals surface area contributed by atoms with Crippen LogP contribution in [-0.2, 0) is 0 Å². The minimum absolute atomic E-state index is 0.0984. The van der Waals surface area contributed by atoms with E-state index in [0.717, 1.165) is 0 Å². The minimum Gasteiger partial charge on any atom is -0.495 e. The Kier molecular flexibility index (Phi) is 0.768. The van der Waals surface area contributed by atoms with Crippen LogP contribution in [0.1, 0.15) is 0 Å². The molecule has 0 spiro atoms. The summed E-state index contributed by atoms with van der Waals surface area (Å²) in [7, 11) is 0. The third kappa shape index (κ3) is 0.556. The zero-order chi connectivity index (χ0) is 7.14. The number of nitrogens with one attached hydrogen (secondary N) is 2. The molecule has 0 aliphatic carbocycles. The molecular weight excluding hydrogens is 132 g/mol. The SMILES string of the molecule is Oc1cc2[nH]c(O)cc2[nH]1. The van der Waals surface area contributed by atoms with Gasteiger partial charge >= 0.3 is 0 Å². The van der Waals surface area contributed by atoms with Crippen molar-refractivity contribution in [3.8, 4) is 11.8 Å². The number of rotatable bonds is 0. The number of aromatic hydroxyl groups is 2. The molecule has 0 aromatic carbocycles. The van der Waals surface area contributed by atoms with Crippen LogP contribution in [0.2, 0.25) is 0 Å². The summed E-state index contributed by atoms with van der Waals surface area (Å²) in [5.74, 6) is 0.197. The third-order valence-corrected chi connectivity index (χ3v) is 1.38. The molecule has 0 bridgehead atoms. The van der Waals surface area contributed by atoms with Gasteiger partial charge in [-0.1, -0.05) is 0 Å². The molecule has 4 N–H and O–H groups in total. The van der Waals surface area contributed by atoms with E-state index in [9.17, 15) is 0 Å². The van der Waals surface area contributed by atoms with Crippen molar-refractivity contribution in [2.24, 2.45) is 0 Å². The van der Waals surface area contributed by atoms with Crippen molar-refractivity contribution in [3.05, 3.63) is 12.1 Å². The Balaban J connectivity index is 2.83. The summed E-state index contributed by atoms with van der Waals surface area (Å²) in [5, 5.41) is 17.8. The second-order valence-electron chi connectivity index (χ2n) is 2.14. The lowest BCUT2D eigenvalue weighted by Gasteiger charge is -1.78. The molecule has 2 heterocycles. The summed E-state index contributed by atoms with van der Waals surface area (Å²) in [5.41, 5.74) is 1.41. The molecule has 2 rings (SSSR count). The summed E-state index contributed by atoms with van der Waals surface area (Å²) < 4.78 is 0. The first-order chi connectivity index (χ1) is 4.75. The second kappa shape index (κ2) is 1.47. The van der Waals surface area contributed by atoms with Crippen LogP contribution in [0.3, 0.4) is 0 Å². The van der Waals surface area contributed by atoms with Crippen LogP contribution in [0.15, 0.2) is 12.1 Å². The van der Waals surface area contributed by atoms with Crippen molar-refractivity contribution in [1.29, 1.82) is 0 Å². The maximum absolute atomic E-state index is 8.88. The first-order valence-electron chi connectivity index (χ1n) is 2.85. The van der Waals surface area contributed by atoms with Gasteiger partial charge in [0, 0.05) is 12.1 Å². The number of hydrogen-bond acceptors (Lipinski definition) is 2. The normalized spacial score (nSPS) is 10.8. The molecule has 0 aliphatic heterocycles. The van der Waals surface area contributed by atoms with Crippen molar-refractivity contribution < 1.29 is 10.2 Å². The van der Waals surface area contributed by atoms with Gasteiger partial charge in [0.25, 0.3) is 0 Å². The van der Waals surface area contributed by atoms with Crippen molar-refractivity contribution in [2.45, 2.75) is 0 Å². The molecule has 0 aliphatic rings. The van der Waals surface area contributed by atoms with Gasteiger partial charge < -0.3 is 20.2 Å². The molecule has 0 fully saturated rings. The van der Waals surface area contributed by atoms with Crippen molar-refractivity contribution >= 4 is 11.0 Å². The van der Waals surface area contributed by atoms with Crippen LogP contribution >= 0.6 is 0 Å². The quantitative estimate of drug-likeness (QED) is 0.437. The molecule has 0 unspecified atom stereocenters. The molecular formula is C6H6N2O2. The first-order valence-corrected chi connectivity index (χ1v) is 2.85. The topological polar surface area (TPSA) is 72.0 Å². The smallest absolute Gasteiger partial charge is 0.190 e. The van der Waals surface area contributed by atoms with E-state index in [-0.39, 0.29) is 11.8 Å². The van der Waals surface area contributed by atoms with E-state index in [2.05, 4.69) is 9.97 Å². The Hall–Kier alpha value is -1.58. The molecule has 2 aromatic heterocycles. The Bertz CT molecular complexity index is 298. The van der Waals surface area contributed by atoms with Crippen molar-refractivity contribution in [3.63, 3.8) is 0 Å². The largest absolute Gasteiger partial charge is 0.495 e. The molecule has 0 amide bonds. The van der Waals surface area contributed by atoms with Crippen LogP contribution in [0.4, 0.5) is 0 Å². The number of aromatic nitrogens is 2. The van der Waals surface area contributed by atoms with E-state index in [4.69, 9.17) is 10.2 Å². The average molecular weight is 138 g/mol. The third-order valence-electron chi connectivity index (χ3n) is 1.38. The van der Waals surface area contributed by atoms with Gasteiger partial charge in [-0.3, -0.25) is 0 Å². The molecule has 2 aromatic rings. The molecule has 4 nitrogen and oxygen atoms in total. The maximum Gasteiger partial charge on any atom is 0.190 e. The fourth-order valence-electron chi connectivity index (χ4n) is 0.984. The van der Waals surface area contributed by atoms with Gasteiger partial charge in [0.15, 0.2) is 11.8 Å². The van der Waals surface area contributed by atoms with Crippen molar-refractivity contribution in [2.75, 3.05) is 0 Å². The fourth-order valence-corrected chi connectivity index (χ4v) is 0.984. The molecule has 0 radical (unpaired) electrons. The zero-order valence-electron chi connectivity index (χ0n) is 5.05. The highest BCUT2D eigenvalue weighted by Crippen LogP contribution is 2.22. The molecule has 0 saturated carbocycles. The molecule has 0 atom stereocenters. The summed E-state index contributed by atoms with van der Waals surface area (Å²) in [6.07, 6.45) is 0. The van der Waals surface area contributed by atoms with Gasteiger partial charge in [0.2, 0.25) is 0 Å². The van der Waals surface area contributed by atoms with Crippen molar-refractivity contribution in [1.82, 2.24) is 9.97 Å². The van der Waals surface area contributed by atoms with E-state index < -0.39 is 0 Å². The van der Waals surface area contributed by atoms with Crippen LogP contribution < -0.4 is 0 Å². The van der Waals surface area contributed by atoms with Gasteiger partial charge in [-0.25, -0.2) is 0 Å². The van der Waals surface area contributed by atoms with Gasteiger partial charge in [0.1, 0.15) is 0 Å². The highest BCUT2D eigenvalue weighted by Gasteiger charge is 2.01. The van der Waals surface area contributed by atoms with E-state index in [1.165, 1.54) is 12.1 Å². The second-order valence-corrected chi connectivity index (χ2v) is 2.14. The van der Waals surface area contributed by atoms with Gasteiger partial charge in [-0.15, -0.1) is 0 Å². The maximum atomic E-state index is 8.88. The number of hydrogen-bond donors (Lipinski definition) is 4. The first kappa shape index (κ1) is 5.22. The summed E-state index contributed by atoms with van der Waals surface area (Å²) in [6, 6.07) is 3.02. The summed E-state index contributed by atoms with van der Waals surface area (Å²) in [6.45, 7) is 0. The van der Waals surface area contributed by atoms with E-state index in [1.807, 2.05) is 0 Å². The predicted molar refractivity (Wildman–Crippen MR) is 36.0 cm³/mol.